The third kappa shape index (κ3) is 3.89. The van der Waals surface area contributed by atoms with Gasteiger partial charge in [0.05, 0.1) is 13.2 Å². The molecule has 0 radical (unpaired) electrons. The number of unbranched alkanes of at least 4 members (excludes halogenated alkanes) is 3. The summed E-state index contributed by atoms with van der Waals surface area (Å²) < 4.78 is 13.5. The summed E-state index contributed by atoms with van der Waals surface area (Å²) in [7, 11) is 0. The van der Waals surface area contributed by atoms with Crippen LogP contribution in [0.15, 0.2) is 22.4 Å². The van der Waals surface area contributed by atoms with Crippen molar-refractivity contribution in [2.75, 3.05) is 13.2 Å². The van der Waals surface area contributed by atoms with E-state index in [1.54, 1.807) is 11.3 Å². The van der Waals surface area contributed by atoms with Crippen LogP contribution in [0.4, 0.5) is 0 Å². The molecule has 3 rings (SSSR count). The molecule has 0 N–H and O–H groups in total. The van der Waals surface area contributed by atoms with Crippen molar-refractivity contribution in [1.29, 1.82) is 0 Å². The molecule has 1 aromatic heterocycles. The Morgan fingerprint density at radius 2 is 1.96 bits per heavy atom. The lowest BCUT2D eigenvalue weighted by Gasteiger charge is -2.29. The van der Waals surface area contributed by atoms with Crippen LogP contribution in [0.1, 0.15) is 69.6 Å². The number of aryl methyl sites for hydroxylation is 1. The highest BCUT2D eigenvalue weighted by atomic mass is 32.1. The van der Waals surface area contributed by atoms with Gasteiger partial charge in [0.15, 0.2) is 5.79 Å². The summed E-state index contributed by atoms with van der Waals surface area (Å²) in [6, 6.07) is 2.24. The van der Waals surface area contributed by atoms with E-state index in [4.69, 9.17) is 22.1 Å². The molecule has 26 heavy (non-hydrogen) atoms. The van der Waals surface area contributed by atoms with E-state index >= 15 is 0 Å². The van der Waals surface area contributed by atoms with Gasteiger partial charge in [0, 0.05) is 15.2 Å². The van der Waals surface area contributed by atoms with Crippen LogP contribution >= 0.6 is 24.0 Å². The number of ether oxygens (including phenoxy) is 2. The van der Waals surface area contributed by atoms with Gasteiger partial charge in [0.1, 0.15) is 0 Å². The van der Waals surface area contributed by atoms with Gasteiger partial charge in [-0.1, -0.05) is 45.3 Å². The summed E-state index contributed by atoms with van der Waals surface area (Å²) in [5.74, 6) is -0.679. The molecular weight excluding hydrogens is 360 g/mol. The Morgan fingerprint density at radius 1 is 1.19 bits per heavy atom. The zero-order valence-electron chi connectivity index (χ0n) is 16.1. The standard InChI is InChI=1S/C22H30O2S2/c1-4-6-8-9-11-16-17-12-15-26-21(17)20(25)18(10-7-5-2)19(16)22(3)23-13-14-24-22/h7,10,12,15,25H,4-6,8-9,11,13-14H2,1-3H3/b10-7-. The molecule has 0 saturated carbocycles. The third-order valence-electron chi connectivity index (χ3n) is 5.12. The van der Waals surface area contributed by atoms with Crippen molar-refractivity contribution in [3.05, 3.63) is 34.2 Å². The fraction of sp³-hybridized carbons (Fsp3) is 0.545. The lowest BCUT2D eigenvalue weighted by atomic mass is 9.88. The van der Waals surface area contributed by atoms with Gasteiger partial charge < -0.3 is 9.47 Å². The SMILES string of the molecule is CC/C=C\c1c(C2(C)OCCO2)c(CCCCCC)c2ccsc2c1S. The number of hydrogen-bond donors (Lipinski definition) is 1. The molecule has 2 aromatic rings. The van der Waals surface area contributed by atoms with Gasteiger partial charge in [-0.15, -0.1) is 24.0 Å². The van der Waals surface area contributed by atoms with Crippen LogP contribution in [0.25, 0.3) is 16.2 Å². The van der Waals surface area contributed by atoms with Crippen LogP contribution in [0.5, 0.6) is 0 Å². The molecule has 0 unspecified atom stereocenters. The molecule has 1 aliphatic heterocycles. The van der Waals surface area contributed by atoms with Crippen LogP contribution in [-0.4, -0.2) is 13.2 Å². The average molecular weight is 391 g/mol. The van der Waals surface area contributed by atoms with Crippen LogP contribution in [0, 0.1) is 0 Å². The Labute approximate surface area is 167 Å². The fourth-order valence-corrected chi connectivity index (χ4v) is 5.18. The van der Waals surface area contributed by atoms with Crippen molar-refractivity contribution in [3.8, 4) is 0 Å². The van der Waals surface area contributed by atoms with Crippen molar-refractivity contribution in [2.45, 2.75) is 70.0 Å². The molecule has 0 spiro atoms. The van der Waals surface area contributed by atoms with E-state index < -0.39 is 5.79 Å². The van der Waals surface area contributed by atoms with E-state index in [-0.39, 0.29) is 0 Å². The Kier molecular flexibility index (Phi) is 6.84. The molecule has 142 valence electrons. The summed E-state index contributed by atoms with van der Waals surface area (Å²) in [6.45, 7) is 7.78. The average Bonchev–Trinajstić information content (AvgIpc) is 3.29. The van der Waals surface area contributed by atoms with Gasteiger partial charge >= 0.3 is 0 Å². The number of allylic oxidation sites excluding steroid dienone is 1. The van der Waals surface area contributed by atoms with Gasteiger partial charge in [0.25, 0.3) is 0 Å². The fourth-order valence-electron chi connectivity index (χ4n) is 3.83. The number of benzene rings is 1. The minimum Gasteiger partial charge on any atom is -0.344 e. The maximum absolute atomic E-state index is 6.11. The highest BCUT2D eigenvalue weighted by Gasteiger charge is 2.38. The molecule has 0 aliphatic carbocycles. The zero-order valence-corrected chi connectivity index (χ0v) is 17.8. The molecule has 1 aromatic carbocycles. The topological polar surface area (TPSA) is 18.5 Å². The number of thiophene rings is 1. The van der Waals surface area contributed by atoms with Gasteiger partial charge in [0.2, 0.25) is 0 Å². The van der Waals surface area contributed by atoms with Crippen LogP contribution in [-0.2, 0) is 21.7 Å². The summed E-state index contributed by atoms with van der Waals surface area (Å²) in [5, 5.41) is 3.50. The van der Waals surface area contributed by atoms with E-state index in [0.717, 1.165) is 17.7 Å². The Bertz CT molecular complexity index is 770. The molecule has 1 aliphatic rings. The minimum atomic E-state index is -0.679. The Balaban J connectivity index is 2.18. The second-order valence-electron chi connectivity index (χ2n) is 7.04. The van der Waals surface area contributed by atoms with Crippen molar-refractivity contribution >= 4 is 40.1 Å². The smallest absolute Gasteiger partial charge is 0.193 e. The van der Waals surface area contributed by atoms with E-state index in [9.17, 15) is 0 Å². The van der Waals surface area contributed by atoms with Crippen molar-refractivity contribution in [3.63, 3.8) is 0 Å². The van der Waals surface area contributed by atoms with Gasteiger partial charge in [-0.3, -0.25) is 0 Å². The number of thiol groups is 1. The van der Waals surface area contributed by atoms with E-state index in [1.807, 2.05) is 0 Å². The maximum atomic E-state index is 6.11. The predicted molar refractivity (Wildman–Crippen MR) is 116 cm³/mol. The van der Waals surface area contributed by atoms with Gasteiger partial charge in [-0.2, -0.15) is 0 Å². The second-order valence-corrected chi connectivity index (χ2v) is 8.41. The first-order chi connectivity index (χ1) is 12.6. The molecule has 4 heteroatoms. The van der Waals surface area contributed by atoms with Crippen LogP contribution in [0.3, 0.4) is 0 Å². The third-order valence-corrected chi connectivity index (χ3v) is 6.67. The van der Waals surface area contributed by atoms with Gasteiger partial charge in [-0.25, -0.2) is 0 Å². The summed E-state index contributed by atoms with van der Waals surface area (Å²) >= 11 is 6.70. The van der Waals surface area contributed by atoms with E-state index in [2.05, 4.69) is 44.4 Å². The lowest BCUT2D eigenvalue weighted by Crippen LogP contribution is -2.26. The number of fused-ring (bicyclic) bond motifs is 1. The summed E-state index contributed by atoms with van der Waals surface area (Å²) in [5.41, 5.74) is 3.74. The first kappa shape index (κ1) is 19.9. The molecule has 0 amide bonds. The van der Waals surface area contributed by atoms with E-state index in [0.29, 0.717) is 13.2 Å². The van der Waals surface area contributed by atoms with Crippen molar-refractivity contribution < 1.29 is 9.47 Å². The van der Waals surface area contributed by atoms with Crippen molar-refractivity contribution in [2.24, 2.45) is 0 Å². The lowest BCUT2D eigenvalue weighted by molar-refractivity contribution is -0.150. The van der Waals surface area contributed by atoms with Crippen molar-refractivity contribution in [1.82, 2.24) is 0 Å². The normalized spacial score (nSPS) is 16.9. The number of hydrogen-bond acceptors (Lipinski definition) is 4. The highest BCUT2D eigenvalue weighted by Crippen LogP contribution is 2.45. The van der Waals surface area contributed by atoms with E-state index in [1.165, 1.54) is 52.5 Å². The van der Waals surface area contributed by atoms with Crippen LogP contribution in [0.2, 0.25) is 0 Å². The molecule has 2 nitrogen and oxygen atoms in total. The molecule has 1 fully saturated rings. The molecule has 2 heterocycles. The predicted octanol–water partition coefficient (Wildman–Crippen LogP) is 6.96. The number of rotatable bonds is 8. The maximum Gasteiger partial charge on any atom is 0.193 e. The molecule has 0 bridgehead atoms. The molecule has 0 atom stereocenters. The largest absolute Gasteiger partial charge is 0.344 e. The Hall–Kier alpha value is -0.810. The monoisotopic (exact) mass is 390 g/mol. The zero-order chi connectivity index (χ0) is 18.6. The second kappa shape index (κ2) is 8.92. The first-order valence-electron chi connectivity index (χ1n) is 9.82. The molecular formula is C22H30O2S2. The minimum absolute atomic E-state index is 0.645. The molecule has 1 saturated heterocycles. The Morgan fingerprint density at radius 3 is 2.65 bits per heavy atom. The van der Waals surface area contributed by atoms with Gasteiger partial charge in [-0.05, 0) is 54.1 Å². The highest BCUT2D eigenvalue weighted by molar-refractivity contribution is 7.80. The quantitative estimate of drug-likeness (QED) is 0.388. The van der Waals surface area contributed by atoms with Crippen LogP contribution < -0.4 is 0 Å². The summed E-state index contributed by atoms with van der Waals surface area (Å²) in [4.78, 5) is 1.05. The summed E-state index contributed by atoms with van der Waals surface area (Å²) in [6.07, 6.45) is 11.5. The first-order valence-corrected chi connectivity index (χ1v) is 11.1.